The van der Waals surface area contributed by atoms with Crippen molar-refractivity contribution < 1.29 is 9.59 Å². The number of aliphatic imine (C=N–C) groups is 1. The van der Waals surface area contributed by atoms with Crippen LogP contribution in [-0.2, 0) is 4.79 Å². The van der Waals surface area contributed by atoms with E-state index in [1.807, 2.05) is 18.2 Å². The molecule has 2 aromatic carbocycles. The number of carbonyl (C=O) groups excluding carboxylic acids is 2. The van der Waals surface area contributed by atoms with Gasteiger partial charge in [0.25, 0.3) is 5.91 Å². The molecule has 3 N–H and O–H groups in total. The van der Waals surface area contributed by atoms with Gasteiger partial charge in [-0.15, -0.1) is 0 Å². The molecule has 0 aromatic heterocycles. The highest BCUT2D eigenvalue weighted by atomic mass is 35.5. The Kier molecular flexibility index (Phi) is 4.25. The molecule has 7 heteroatoms. The molecule has 1 heterocycles. The van der Waals surface area contributed by atoms with Gasteiger partial charge in [-0.2, -0.15) is 0 Å². The number of anilines is 2. The van der Waals surface area contributed by atoms with E-state index in [2.05, 4.69) is 20.9 Å². The molecule has 3 rings (SSSR count). The number of nitrogens with zero attached hydrogens (tertiary/aromatic N) is 1. The number of fused-ring (bicyclic) bond motifs is 1. The first-order valence-corrected chi connectivity index (χ1v) is 7.26. The smallest absolute Gasteiger partial charge is 0.321 e. The van der Waals surface area contributed by atoms with Crippen molar-refractivity contribution in [3.63, 3.8) is 0 Å². The minimum absolute atomic E-state index is 0.405. The number of rotatable bonds is 2. The molecule has 0 radical (unpaired) electrons. The maximum Gasteiger partial charge on any atom is 0.321 e. The van der Waals surface area contributed by atoms with E-state index in [1.54, 1.807) is 36.5 Å². The third kappa shape index (κ3) is 3.67. The van der Waals surface area contributed by atoms with Gasteiger partial charge < -0.3 is 16.0 Å². The zero-order valence-electron chi connectivity index (χ0n) is 11.9. The van der Waals surface area contributed by atoms with E-state index in [-0.39, 0.29) is 0 Å². The van der Waals surface area contributed by atoms with E-state index in [1.165, 1.54) is 0 Å². The number of hydrogen-bond donors (Lipinski definition) is 3. The van der Waals surface area contributed by atoms with Crippen LogP contribution in [-0.4, -0.2) is 24.3 Å². The predicted octanol–water partition coefficient (Wildman–Crippen LogP) is 2.86. The van der Waals surface area contributed by atoms with Gasteiger partial charge >= 0.3 is 6.03 Å². The Bertz CT molecular complexity index is 774. The molecule has 2 aromatic rings. The number of nitrogens with one attached hydrogen (secondary N) is 3. The van der Waals surface area contributed by atoms with Gasteiger partial charge in [0.1, 0.15) is 0 Å². The Morgan fingerprint density at radius 3 is 2.65 bits per heavy atom. The number of urea groups is 1. The molecule has 1 aliphatic rings. The van der Waals surface area contributed by atoms with Gasteiger partial charge in [-0.3, -0.25) is 9.79 Å². The standard InChI is InChI=1S/C16H13ClN4O2/c17-11-5-7-12(8-6-11)19-16(23)21-14-15(22)20-13-4-2-1-3-10(13)9-18-14/h1-9,14H,(H,20,22)(H2,19,21,23). The van der Waals surface area contributed by atoms with Crippen molar-refractivity contribution in [2.45, 2.75) is 6.17 Å². The van der Waals surface area contributed by atoms with Crippen LogP contribution in [0.15, 0.2) is 53.5 Å². The van der Waals surface area contributed by atoms with Crippen molar-refractivity contribution >= 4 is 41.1 Å². The number of hydrogen-bond acceptors (Lipinski definition) is 3. The molecule has 1 atom stereocenters. The first-order chi connectivity index (χ1) is 11.1. The highest BCUT2D eigenvalue weighted by Gasteiger charge is 2.22. The first kappa shape index (κ1) is 15.1. The van der Waals surface area contributed by atoms with Crippen LogP contribution in [0.4, 0.5) is 16.2 Å². The van der Waals surface area contributed by atoms with Crippen molar-refractivity contribution in [2.75, 3.05) is 10.6 Å². The van der Waals surface area contributed by atoms with Crippen LogP contribution >= 0.6 is 11.6 Å². The fourth-order valence-electron chi connectivity index (χ4n) is 2.07. The number of amides is 3. The quantitative estimate of drug-likeness (QED) is 0.792. The Hall–Kier alpha value is -2.86. The van der Waals surface area contributed by atoms with E-state index in [0.717, 1.165) is 5.56 Å². The molecule has 23 heavy (non-hydrogen) atoms. The summed E-state index contributed by atoms with van der Waals surface area (Å²) in [6.07, 6.45) is 0.551. The fourth-order valence-corrected chi connectivity index (χ4v) is 2.20. The molecule has 1 aliphatic heterocycles. The predicted molar refractivity (Wildman–Crippen MR) is 90.1 cm³/mol. The molecular formula is C16H13ClN4O2. The minimum Gasteiger partial charge on any atom is -0.322 e. The molecule has 0 aliphatic carbocycles. The molecule has 0 fully saturated rings. The van der Waals surface area contributed by atoms with E-state index < -0.39 is 18.1 Å². The highest BCUT2D eigenvalue weighted by Crippen LogP contribution is 2.16. The zero-order chi connectivity index (χ0) is 16.2. The van der Waals surface area contributed by atoms with Gasteiger partial charge in [-0.1, -0.05) is 29.8 Å². The lowest BCUT2D eigenvalue weighted by atomic mass is 10.2. The number of benzodiazepines with no additional fused rings is 1. The normalized spacial score (nSPS) is 16.0. The summed E-state index contributed by atoms with van der Waals surface area (Å²) >= 11 is 5.78. The Balaban J connectivity index is 1.67. The Morgan fingerprint density at radius 1 is 1.13 bits per heavy atom. The molecule has 0 bridgehead atoms. The SMILES string of the molecule is O=C(Nc1ccc(Cl)cc1)NC1N=Cc2ccccc2NC1=O. The molecular weight excluding hydrogens is 316 g/mol. The summed E-state index contributed by atoms with van der Waals surface area (Å²) in [6, 6.07) is 13.4. The van der Waals surface area contributed by atoms with Crippen molar-refractivity contribution in [3.05, 3.63) is 59.1 Å². The largest absolute Gasteiger partial charge is 0.322 e. The highest BCUT2D eigenvalue weighted by molar-refractivity contribution is 6.30. The number of para-hydroxylation sites is 1. The van der Waals surface area contributed by atoms with Gasteiger partial charge in [0.2, 0.25) is 6.17 Å². The summed E-state index contributed by atoms with van der Waals surface area (Å²) in [6.45, 7) is 0. The fraction of sp³-hybridized carbons (Fsp3) is 0.0625. The van der Waals surface area contributed by atoms with Crippen LogP contribution in [0.25, 0.3) is 0 Å². The zero-order valence-corrected chi connectivity index (χ0v) is 12.7. The summed E-state index contributed by atoms with van der Waals surface area (Å²) in [5.74, 6) is -0.405. The van der Waals surface area contributed by atoms with Crippen LogP contribution in [0.3, 0.4) is 0 Å². The first-order valence-electron chi connectivity index (χ1n) is 6.88. The summed E-state index contributed by atoms with van der Waals surface area (Å²) < 4.78 is 0. The Morgan fingerprint density at radius 2 is 1.87 bits per heavy atom. The molecule has 6 nitrogen and oxygen atoms in total. The number of benzene rings is 2. The summed E-state index contributed by atoms with van der Waals surface area (Å²) in [7, 11) is 0. The lowest BCUT2D eigenvalue weighted by Gasteiger charge is -2.13. The summed E-state index contributed by atoms with van der Waals surface area (Å²) in [5.41, 5.74) is 2.00. The molecule has 0 spiro atoms. The van der Waals surface area contributed by atoms with Gasteiger partial charge in [0, 0.05) is 28.2 Å². The van der Waals surface area contributed by atoms with E-state index in [9.17, 15) is 9.59 Å². The topological polar surface area (TPSA) is 82.6 Å². The van der Waals surface area contributed by atoms with Crippen molar-refractivity contribution in [2.24, 2.45) is 4.99 Å². The van der Waals surface area contributed by atoms with Crippen LogP contribution in [0.5, 0.6) is 0 Å². The second-order valence-electron chi connectivity index (χ2n) is 4.86. The molecule has 0 saturated heterocycles. The number of carbonyl (C=O) groups is 2. The maximum absolute atomic E-state index is 12.1. The van der Waals surface area contributed by atoms with E-state index in [0.29, 0.717) is 16.4 Å². The van der Waals surface area contributed by atoms with Crippen molar-refractivity contribution in [1.82, 2.24) is 5.32 Å². The van der Waals surface area contributed by atoms with Crippen molar-refractivity contribution in [3.8, 4) is 0 Å². The molecule has 0 saturated carbocycles. The summed E-state index contributed by atoms with van der Waals surface area (Å²) in [4.78, 5) is 28.2. The van der Waals surface area contributed by atoms with Crippen LogP contribution < -0.4 is 16.0 Å². The van der Waals surface area contributed by atoms with E-state index in [4.69, 9.17) is 11.6 Å². The summed E-state index contributed by atoms with van der Waals surface area (Å²) in [5, 5.41) is 8.43. The second kappa shape index (κ2) is 6.50. The second-order valence-corrected chi connectivity index (χ2v) is 5.30. The monoisotopic (exact) mass is 328 g/mol. The van der Waals surface area contributed by atoms with Gasteiger partial charge in [0.15, 0.2) is 0 Å². The lowest BCUT2D eigenvalue weighted by Crippen LogP contribution is -2.44. The maximum atomic E-state index is 12.1. The molecule has 1 unspecified atom stereocenters. The van der Waals surface area contributed by atoms with Gasteiger partial charge in [-0.25, -0.2) is 4.79 Å². The Labute approximate surface area is 137 Å². The number of halogens is 1. The lowest BCUT2D eigenvalue weighted by molar-refractivity contribution is -0.117. The van der Waals surface area contributed by atoms with Crippen LogP contribution in [0.2, 0.25) is 5.02 Å². The average Bonchev–Trinajstić information content (AvgIpc) is 2.69. The third-order valence-corrected chi connectivity index (χ3v) is 3.45. The average molecular weight is 329 g/mol. The molecule has 116 valence electrons. The van der Waals surface area contributed by atoms with Crippen LogP contribution in [0, 0.1) is 0 Å². The minimum atomic E-state index is -1.00. The molecule has 3 amide bonds. The van der Waals surface area contributed by atoms with E-state index >= 15 is 0 Å². The van der Waals surface area contributed by atoms with Gasteiger partial charge in [0.05, 0.1) is 0 Å². The van der Waals surface area contributed by atoms with Crippen molar-refractivity contribution in [1.29, 1.82) is 0 Å². The van der Waals surface area contributed by atoms with Crippen LogP contribution in [0.1, 0.15) is 5.56 Å². The third-order valence-electron chi connectivity index (χ3n) is 3.20. The van der Waals surface area contributed by atoms with Gasteiger partial charge in [-0.05, 0) is 30.3 Å².